The molecule has 2 aromatic heterocycles. The lowest BCUT2D eigenvalue weighted by Crippen LogP contribution is -1.83. The normalized spacial score (nSPS) is 14.5. The maximum Gasteiger partial charge on any atom is 0.225 e. The summed E-state index contributed by atoms with van der Waals surface area (Å²) in [6.07, 6.45) is 3.71. The summed E-state index contributed by atoms with van der Waals surface area (Å²) in [7, 11) is 0. The molecule has 3 nitrogen and oxygen atoms in total. The van der Waals surface area contributed by atoms with Crippen LogP contribution >= 0.6 is 11.3 Å². The van der Waals surface area contributed by atoms with Gasteiger partial charge in [0.05, 0.1) is 4.88 Å². The first-order chi connectivity index (χ1) is 7.25. The number of fused-ring (bicyclic) bond motifs is 1. The Morgan fingerprint density at radius 2 is 2.33 bits per heavy atom. The quantitative estimate of drug-likeness (QED) is 0.804. The van der Waals surface area contributed by atoms with E-state index in [-0.39, 0.29) is 0 Å². The average Bonchev–Trinajstić information content (AvgIpc) is 2.82. The first kappa shape index (κ1) is 8.97. The standard InChI is InChI=1S/C11H12N2OS/c1-6-10(13-14-11(6)12)9-5-7-3-2-4-8(7)15-9/h5H,2-4,12H2,1H3. The highest BCUT2D eigenvalue weighted by Crippen LogP contribution is 2.38. The van der Waals surface area contributed by atoms with Crippen molar-refractivity contribution in [2.75, 3.05) is 5.73 Å². The van der Waals surface area contributed by atoms with Crippen LogP contribution in [0.15, 0.2) is 10.6 Å². The maximum atomic E-state index is 5.64. The fraction of sp³-hybridized carbons (Fsp3) is 0.364. The van der Waals surface area contributed by atoms with E-state index in [1.54, 1.807) is 0 Å². The largest absolute Gasteiger partial charge is 0.367 e. The van der Waals surface area contributed by atoms with Gasteiger partial charge in [0, 0.05) is 10.4 Å². The molecule has 15 heavy (non-hydrogen) atoms. The summed E-state index contributed by atoms with van der Waals surface area (Å²) in [5, 5.41) is 4.01. The van der Waals surface area contributed by atoms with Crippen LogP contribution in [0.5, 0.6) is 0 Å². The van der Waals surface area contributed by atoms with Gasteiger partial charge in [-0.1, -0.05) is 5.16 Å². The SMILES string of the molecule is Cc1c(-c2cc3c(s2)CCC3)noc1N. The Labute approximate surface area is 91.9 Å². The van der Waals surface area contributed by atoms with Crippen molar-refractivity contribution in [2.45, 2.75) is 26.2 Å². The number of nitrogens with two attached hydrogens (primary N) is 1. The molecule has 78 valence electrons. The molecule has 2 aromatic rings. The van der Waals surface area contributed by atoms with Crippen LogP contribution in [0.1, 0.15) is 22.4 Å². The first-order valence-electron chi connectivity index (χ1n) is 5.09. The lowest BCUT2D eigenvalue weighted by molar-refractivity contribution is 0.439. The van der Waals surface area contributed by atoms with Crippen molar-refractivity contribution in [1.29, 1.82) is 0 Å². The zero-order chi connectivity index (χ0) is 10.4. The van der Waals surface area contributed by atoms with Crippen LogP contribution in [0.4, 0.5) is 5.88 Å². The molecule has 3 rings (SSSR count). The Morgan fingerprint density at radius 1 is 1.47 bits per heavy atom. The van der Waals surface area contributed by atoms with Crippen molar-refractivity contribution >= 4 is 17.2 Å². The molecule has 2 heterocycles. The van der Waals surface area contributed by atoms with Gasteiger partial charge in [-0.2, -0.15) is 0 Å². The van der Waals surface area contributed by atoms with Gasteiger partial charge in [0.2, 0.25) is 5.88 Å². The number of rotatable bonds is 1. The number of aryl methyl sites for hydroxylation is 2. The Hall–Kier alpha value is -1.29. The summed E-state index contributed by atoms with van der Waals surface area (Å²) in [5.41, 5.74) is 8.99. The highest BCUT2D eigenvalue weighted by Gasteiger charge is 2.19. The van der Waals surface area contributed by atoms with E-state index < -0.39 is 0 Å². The number of anilines is 1. The van der Waals surface area contributed by atoms with Crippen LogP contribution in [-0.4, -0.2) is 5.16 Å². The fourth-order valence-electron chi connectivity index (χ4n) is 2.02. The minimum absolute atomic E-state index is 0.429. The topological polar surface area (TPSA) is 52.0 Å². The zero-order valence-corrected chi connectivity index (χ0v) is 9.36. The summed E-state index contributed by atoms with van der Waals surface area (Å²) in [4.78, 5) is 2.70. The lowest BCUT2D eigenvalue weighted by atomic mass is 10.2. The molecule has 1 aliphatic rings. The maximum absolute atomic E-state index is 5.64. The van der Waals surface area contributed by atoms with Crippen molar-refractivity contribution in [1.82, 2.24) is 5.16 Å². The number of nitrogen functional groups attached to an aromatic ring is 1. The molecule has 0 saturated carbocycles. The Kier molecular flexibility index (Phi) is 1.85. The first-order valence-corrected chi connectivity index (χ1v) is 5.91. The molecule has 4 heteroatoms. The lowest BCUT2D eigenvalue weighted by Gasteiger charge is -1.91. The second kappa shape index (κ2) is 3.10. The average molecular weight is 220 g/mol. The van der Waals surface area contributed by atoms with E-state index in [1.807, 2.05) is 18.3 Å². The van der Waals surface area contributed by atoms with Crippen molar-refractivity contribution in [2.24, 2.45) is 0 Å². The van der Waals surface area contributed by atoms with Crippen molar-refractivity contribution in [3.05, 3.63) is 22.1 Å². The van der Waals surface area contributed by atoms with Gasteiger partial charge < -0.3 is 10.3 Å². The van der Waals surface area contributed by atoms with E-state index in [9.17, 15) is 0 Å². The van der Waals surface area contributed by atoms with E-state index in [1.165, 1.54) is 34.6 Å². The monoisotopic (exact) mass is 220 g/mol. The molecule has 1 aliphatic carbocycles. The van der Waals surface area contributed by atoms with Gasteiger partial charge in [-0.15, -0.1) is 11.3 Å². The highest BCUT2D eigenvalue weighted by atomic mass is 32.1. The van der Waals surface area contributed by atoms with E-state index in [2.05, 4.69) is 11.2 Å². The van der Waals surface area contributed by atoms with Crippen LogP contribution in [0.3, 0.4) is 0 Å². The van der Waals surface area contributed by atoms with Crippen LogP contribution in [0, 0.1) is 6.92 Å². The van der Waals surface area contributed by atoms with E-state index in [4.69, 9.17) is 10.3 Å². The Morgan fingerprint density at radius 3 is 3.00 bits per heavy atom. The van der Waals surface area contributed by atoms with Gasteiger partial charge in [0.25, 0.3) is 0 Å². The molecule has 0 bridgehead atoms. The second-order valence-corrected chi connectivity index (χ2v) is 5.07. The Balaban J connectivity index is 2.09. The summed E-state index contributed by atoms with van der Waals surface area (Å²) in [6.45, 7) is 1.95. The summed E-state index contributed by atoms with van der Waals surface area (Å²) < 4.78 is 4.98. The van der Waals surface area contributed by atoms with Gasteiger partial charge in [-0.05, 0) is 37.8 Å². The van der Waals surface area contributed by atoms with Gasteiger partial charge in [-0.3, -0.25) is 0 Å². The third-order valence-electron chi connectivity index (χ3n) is 2.94. The molecule has 2 N–H and O–H groups in total. The summed E-state index contributed by atoms with van der Waals surface area (Å²) >= 11 is 1.82. The molecular formula is C11H12N2OS. The third-order valence-corrected chi connectivity index (χ3v) is 4.18. The minimum atomic E-state index is 0.429. The molecular weight excluding hydrogens is 208 g/mol. The van der Waals surface area contributed by atoms with Crippen LogP contribution in [-0.2, 0) is 12.8 Å². The van der Waals surface area contributed by atoms with Crippen LogP contribution in [0.25, 0.3) is 10.6 Å². The van der Waals surface area contributed by atoms with Crippen molar-refractivity contribution < 1.29 is 4.52 Å². The molecule has 0 aromatic carbocycles. The summed E-state index contributed by atoms with van der Waals surface area (Å²) in [6, 6.07) is 2.23. The van der Waals surface area contributed by atoms with E-state index in [0.29, 0.717) is 5.88 Å². The molecule has 0 atom stereocenters. The molecule has 0 aliphatic heterocycles. The number of thiophene rings is 1. The highest BCUT2D eigenvalue weighted by molar-refractivity contribution is 7.15. The van der Waals surface area contributed by atoms with E-state index in [0.717, 1.165) is 11.3 Å². The minimum Gasteiger partial charge on any atom is -0.367 e. The van der Waals surface area contributed by atoms with Gasteiger partial charge in [-0.25, -0.2) is 0 Å². The molecule has 0 saturated heterocycles. The number of aromatic nitrogens is 1. The predicted molar refractivity (Wildman–Crippen MR) is 61.0 cm³/mol. The zero-order valence-electron chi connectivity index (χ0n) is 8.54. The van der Waals surface area contributed by atoms with Crippen LogP contribution in [0.2, 0.25) is 0 Å². The van der Waals surface area contributed by atoms with Gasteiger partial charge >= 0.3 is 0 Å². The fourth-order valence-corrected chi connectivity index (χ4v) is 3.32. The Bertz CT molecular complexity index is 491. The molecule has 0 unspecified atom stereocenters. The number of hydrogen-bond acceptors (Lipinski definition) is 4. The van der Waals surface area contributed by atoms with Gasteiger partial charge in [0.1, 0.15) is 5.69 Å². The van der Waals surface area contributed by atoms with Crippen molar-refractivity contribution in [3.8, 4) is 10.6 Å². The van der Waals surface area contributed by atoms with Crippen molar-refractivity contribution in [3.63, 3.8) is 0 Å². The number of nitrogens with zero attached hydrogens (tertiary/aromatic N) is 1. The molecule has 0 fully saturated rings. The molecule has 0 amide bonds. The van der Waals surface area contributed by atoms with Gasteiger partial charge in [0.15, 0.2) is 0 Å². The molecule has 0 spiro atoms. The second-order valence-electron chi connectivity index (χ2n) is 3.93. The predicted octanol–water partition coefficient (Wildman–Crippen LogP) is 2.78. The van der Waals surface area contributed by atoms with E-state index >= 15 is 0 Å². The summed E-state index contributed by atoms with van der Waals surface area (Å²) in [5.74, 6) is 0.429. The molecule has 0 radical (unpaired) electrons. The smallest absolute Gasteiger partial charge is 0.225 e. The third kappa shape index (κ3) is 1.28. The van der Waals surface area contributed by atoms with Crippen LogP contribution < -0.4 is 5.73 Å². The number of hydrogen-bond donors (Lipinski definition) is 1.